The number of nitrogens with one attached hydrogen (secondary N) is 3. The molecule has 0 amide bonds. The second kappa shape index (κ2) is 10.3. The Kier molecular flexibility index (Phi) is 5.84. The van der Waals surface area contributed by atoms with Crippen LogP contribution in [0.3, 0.4) is 0 Å². The van der Waals surface area contributed by atoms with Crippen LogP contribution in [0, 0.1) is 0 Å². The molecule has 0 saturated carbocycles. The van der Waals surface area contributed by atoms with Crippen LogP contribution in [-0.2, 0) is 5.66 Å². The molecule has 2 fully saturated rings. The summed E-state index contributed by atoms with van der Waals surface area (Å²) < 4.78 is 2.61. The van der Waals surface area contributed by atoms with Gasteiger partial charge in [-0.1, -0.05) is 121 Å². The average Bonchev–Trinajstić information content (AvgIpc) is 3.54. The summed E-state index contributed by atoms with van der Waals surface area (Å²) >= 11 is 0. The van der Waals surface area contributed by atoms with Gasteiger partial charge >= 0.3 is 0 Å². The van der Waals surface area contributed by atoms with Crippen LogP contribution in [0.2, 0.25) is 0 Å². The lowest BCUT2D eigenvalue weighted by molar-refractivity contribution is 0.219. The van der Waals surface area contributed by atoms with Crippen LogP contribution in [0.4, 0.5) is 0 Å². The first-order valence-electron chi connectivity index (χ1n) is 17.4. The molecule has 7 aromatic carbocycles. The maximum Gasteiger partial charge on any atom is 0.131 e. The minimum atomic E-state index is -0.176. The van der Waals surface area contributed by atoms with Crippen LogP contribution in [-0.4, -0.2) is 28.7 Å². The second-order valence-corrected chi connectivity index (χ2v) is 14.0. The summed E-state index contributed by atoms with van der Waals surface area (Å²) in [5, 5.41) is 22.2. The highest BCUT2D eigenvalue weighted by Crippen LogP contribution is 2.51. The molecule has 0 radical (unpaired) electrons. The number of hydrogen-bond donors (Lipinski definition) is 3. The summed E-state index contributed by atoms with van der Waals surface area (Å²) in [4.78, 5) is 2.62. The molecular formula is C44H35N5. The van der Waals surface area contributed by atoms with Crippen molar-refractivity contribution in [2.45, 2.75) is 24.2 Å². The molecule has 4 atom stereocenters. The van der Waals surface area contributed by atoms with Crippen molar-refractivity contribution >= 4 is 54.1 Å². The number of nitrogens with zero attached hydrogens (tertiary/aromatic N) is 2. The summed E-state index contributed by atoms with van der Waals surface area (Å²) in [6.07, 6.45) is 2.48. The van der Waals surface area contributed by atoms with Gasteiger partial charge in [0.2, 0.25) is 0 Å². The van der Waals surface area contributed by atoms with Gasteiger partial charge in [0.25, 0.3) is 0 Å². The SMILES string of the molecule is C1=C(C2NC(c3ccc4ccccc4c3)NC(c3ccc4ccccc4c3)N2)CN2CC12n1c2ccccc2c2c3ccccc3ccc21. The van der Waals surface area contributed by atoms with Crippen molar-refractivity contribution in [1.29, 1.82) is 0 Å². The first kappa shape index (κ1) is 27.6. The van der Waals surface area contributed by atoms with E-state index in [9.17, 15) is 0 Å². The minimum Gasteiger partial charge on any atom is -0.316 e. The van der Waals surface area contributed by atoms with Gasteiger partial charge in [0, 0.05) is 23.9 Å². The van der Waals surface area contributed by atoms with Crippen LogP contribution in [0.25, 0.3) is 54.1 Å². The Labute approximate surface area is 284 Å². The van der Waals surface area contributed by atoms with E-state index in [1.54, 1.807) is 0 Å². The number of para-hydroxylation sites is 1. The monoisotopic (exact) mass is 633 g/mol. The van der Waals surface area contributed by atoms with E-state index >= 15 is 0 Å². The van der Waals surface area contributed by atoms with Gasteiger partial charge in [-0.3, -0.25) is 20.9 Å². The van der Waals surface area contributed by atoms with Gasteiger partial charge in [-0.25, -0.2) is 0 Å². The molecule has 49 heavy (non-hydrogen) atoms. The molecule has 5 heteroatoms. The Bertz CT molecular complexity index is 2570. The molecule has 3 aliphatic rings. The molecule has 5 nitrogen and oxygen atoms in total. The van der Waals surface area contributed by atoms with Crippen molar-refractivity contribution in [2.24, 2.45) is 0 Å². The lowest BCUT2D eigenvalue weighted by Gasteiger charge is -2.40. The molecule has 2 saturated heterocycles. The molecule has 3 aliphatic heterocycles. The molecule has 3 N–H and O–H groups in total. The molecule has 4 heterocycles. The minimum absolute atomic E-state index is 0.00668. The Morgan fingerprint density at radius 3 is 1.73 bits per heavy atom. The molecule has 8 aromatic rings. The first-order valence-corrected chi connectivity index (χ1v) is 17.4. The Hall–Kier alpha value is -5.30. The fourth-order valence-electron chi connectivity index (χ4n) is 8.76. The van der Waals surface area contributed by atoms with Gasteiger partial charge in [-0.2, -0.15) is 0 Å². The summed E-state index contributed by atoms with van der Waals surface area (Å²) in [6.45, 7) is 1.94. The summed E-state index contributed by atoms with van der Waals surface area (Å²) in [7, 11) is 0. The van der Waals surface area contributed by atoms with E-state index in [1.807, 2.05) is 0 Å². The zero-order chi connectivity index (χ0) is 32.1. The van der Waals surface area contributed by atoms with E-state index in [2.05, 4.69) is 177 Å². The highest BCUT2D eigenvalue weighted by atomic mass is 15.5. The van der Waals surface area contributed by atoms with E-state index in [4.69, 9.17) is 0 Å². The lowest BCUT2D eigenvalue weighted by atomic mass is 10.0. The Balaban J connectivity index is 1.02. The molecule has 0 aliphatic carbocycles. The van der Waals surface area contributed by atoms with Gasteiger partial charge < -0.3 is 4.57 Å². The van der Waals surface area contributed by atoms with Crippen LogP contribution in [0.5, 0.6) is 0 Å². The standard InChI is InChI=1S/C44H35N5/c1-3-12-31-23-33(19-17-28(31)9-1)41-45-42(34-20-18-29-10-2-4-13-32(29)24-34)47-43(46-41)35-25-44(27-48(44)26-35)49-38-16-8-7-15-37(38)40-36-14-6-5-11-30(36)21-22-39(40)49/h1-25,41-43,45-47H,26-27H2. The van der Waals surface area contributed by atoms with E-state index in [0.717, 1.165) is 13.1 Å². The topological polar surface area (TPSA) is 44.0 Å². The highest BCUT2D eigenvalue weighted by molar-refractivity contribution is 6.20. The van der Waals surface area contributed by atoms with Crippen LogP contribution >= 0.6 is 0 Å². The van der Waals surface area contributed by atoms with Crippen molar-refractivity contribution in [3.05, 3.63) is 168 Å². The first-order chi connectivity index (χ1) is 24.2. The number of aromatic nitrogens is 1. The lowest BCUT2D eigenvalue weighted by Crippen LogP contribution is -2.60. The fraction of sp³-hybridized carbons (Fsp3) is 0.136. The molecule has 4 unspecified atom stereocenters. The van der Waals surface area contributed by atoms with Crippen molar-refractivity contribution in [3.63, 3.8) is 0 Å². The largest absolute Gasteiger partial charge is 0.316 e. The molecule has 236 valence electrons. The maximum atomic E-state index is 3.99. The van der Waals surface area contributed by atoms with Crippen molar-refractivity contribution in [1.82, 2.24) is 25.4 Å². The van der Waals surface area contributed by atoms with Gasteiger partial charge in [-0.15, -0.1) is 0 Å². The zero-order valence-corrected chi connectivity index (χ0v) is 27.0. The normalized spacial score (nSPS) is 24.9. The van der Waals surface area contributed by atoms with Crippen molar-refractivity contribution in [3.8, 4) is 0 Å². The van der Waals surface area contributed by atoms with E-state index < -0.39 is 0 Å². The van der Waals surface area contributed by atoms with E-state index in [1.165, 1.54) is 70.8 Å². The third kappa shape index (κ3) is 4.20. The third-order valence-corrected chi connectivity index (χ3v) is 11.2. The summed E-state index contributed by atoms with van der Waals surface area (Å²) in [5.41, 5.74) is 6.28. The van der Waals surface area contributed by atoms with Crippen molar-refractivity contribution < 1.29 is 0 Å². The summed E-state index contributed by atoms with van der Waals surface area (Å²) in [5.74, 6) is 0. The van der Waals surface area contributed by atoms with E-state index in [0.29, 0.717) is 0 Å². The smallest absolute Gasteiger partial charge is 0.131 e. The number of rotatable bonds is 4. The van der Waals surface area contributed by atoms with E-state index in [-0.39, 0.29) is 24.2 Å². The van der Waals surface area contributed by atoms with Gasteiger partial charge in [0.1, 0.15) is 5.66 Å². The number of hydrogen-bond acceptors (Lipinski definition) is 4. The van der Waals surface area contributed by atoms with Gasteiger partial charge in [0.05, 0.1) is 29.5 Å². The number of benzene rings is 7. The summed E-state index contributed by atoms with van der Waals surface area (Å²) in [6, 6.07) is 53.3. The van der Waals surface area contributed by atoms with Crippen molar-refractivity contribution in [2.75, 3.05) is 13.1 Å². The predicted molar refractivity (Wildman–Crippen MR) is 201 cm³/mol. The second-order valence-electron chi connectivity index (χ2n) is 14.0. The van der Waals surface area contributed by atoms with Gasteiger partial charge in [0.15, 0.2) is 0 Å². The Morgan fingerprint density at radius 2 is 1.04 bits per heavy atom. The molecule has 0 bridgehead atoms. The predicted octanol–water partition coefficient (Wildman–Crippen LogP) is 8.67. The molecule has 0 spiro atoms. The van der Waals surface area contributed by atoms with Crippen LogP contribution < -0.4 is 16.0 Å². The number of fused-ring (bicyclic) bond motifs is 8. The Morgan fingerprint density at radius 1 is 0.490 bits per heavy atom. The zero-order valence-electron chi connectivity index (χ0n) is 27.0. The highest BCUT2D eigenvalue weighted by Gasteiger charge is 2.58. The third-order valence-electron chi connectivity index (χ3n) is 11.2. The molecule has 11 rings (SSSR count). The quantitative estimate of drug-likeness (QED) is 0.134. The maximum absolute atomic E-state index is 3.99. The van der Waals surface area contributed by atoms with Crippen LogP contribution in [0.1, 0.15) is 23.5 Å². The fourth-order valence-corrected chi connectivity index (χ4v) is 8.76. The van der Waals surface area contributed by atoms with Crippen LogP contribution in [0.15, 0.2) is 157 Å². The molecule has 1 aromatic heterocycles. The molecular weight excluding hydrogens is 599 g/mol. The van der Waals surface area contributed by atoms with Gasteiger partial charge in [-0.05, 0) is 79.4 Å². The average molecular weight is 634 g/mol.